The Hall–Kier alpha value is -1.82. The van der Waals surface area contributed by atoms with Crippen LogP contribution >= 0.6 is 15.9 Å². The minimum absolute atomic E-state index is 0.0295. The van der Waals surface area contributed by atoms with Crippen molar-refractivity contribution in [1.29, 1.82) is 0 Å². The maximum absolute atomic E-state index is 11.4. The zero-order valence-electron chi connectivity index (χ0n) is 7.82. The zero-order chi connectivity index (χ0) is 11.9. The molecule has 2 rings (SSSR count). The number of pyridine rings is 1. The van der Waals surface area contributed by atoms with E-state index in [1.165, 1.54) is 18.2 Å². The molecule has 0 radical (unpaired) electrons. The van der Waals surface area contributed by atoms with Crippen LogP contribution < -0.4 is 5.56 Å². The standard InChI is InChI=1S/C10H6BrNO4/c11-8-7(10(15)16)5-2-1-4(13)3-6(5)12-9(8)14/h1-3,13H,(H,12,14)(H,15,16). The molecule has 0 saturated heterocycles. The Morgan fingerprint density at radius 1 is 1.38 bits per heavy atom. The van der Waals surface area contributed by atoms with Gasteiger partial charge in [-0.1, -0.05) is 0 Å². The van der Waals surface area contributed by atoms with Gasteiger partial charge in [-0.05, 0) is 28.1 Å². The molecule has 82 valence electrons. The molecule has 0 saturated carbocycles. The fourth-order valence-corrected chi connectivity index (χ4v) is 1.95. The molecule has 0 atom stereocenters. The van der Waals surface area contributed by atoms with E-state index >= 15 is 0 Å². The van der Waals surface area contributed by atoms with Crippen molar-refractivity contribution >= 4 is 32.8 Å². The quantitative estimate of drug-likeness (QED) is 0.743. The number of aromatic hydroxyl groups is 1. The lowest BCUT2D eigenvalue weighted by Crippen LogP contribution is -2.13. The molecule has 16 heavy (non-hydrogen) atoms. The second-order valence-electron chi connectivity index (χ2n) is 3.18. The Balaban J connectivity index is 3.00. The number of aromatic carboxylic acids is 1. The number of hydrogen-bond donors (Lipinski definition) is 3. The van der Waals surface area contributed by atoms with Crippen LogP contribution in [-0.2, 0) is 0 Å². The number of rotatable bonds is 1. The molecule has 0 bridgehead atoms. The van der Waals surface area contributed by atoms with E-state index in [0.29, 0.717) is 5.39 Å². The van der Waals surface area contributed by atoms with Crippen molar-refractivity contribution in [2.24, 2.45) is 0 Å². The highest BCUT2D eigenvalue weighted by atomic mass is 79.9. The van der Waals surface area contributed by atoms with Gasteiger partial charge in [0.25, 0.3) is 5.56 Å². The van der Waals surface area contributed by atoms with Crippen LogP contribution in [0.25, 0.3) is 10.9 Å². The number of nitrogens with one attached hydrogen (secondary N) is 1. The van der Waals surface area contributed by atoms with E-state index in [2.05, 4.69) is 20.9 Å². The van der Waals surface area contributed by atoms with Gasteiger partial charge in [0.05, 0.1) is 15.6 Å². The zero-order valence-corrected chi connectivity index (χ0v) is 9.41. The third-order valence-corrected chi connectivity index (χ3v) is 2.91. The summed E-state index contributed by atoms with van der Waals surface area (Å²) < 4.78 is -0.0295. The first-order chi connectivity index (χ1) is 7.50. The van der Waals surface area contributed by atoms with Crippen LogP contribution in [0.4, 0.5) is 0 Å². The number of carboxylic acids is 1. The predicted molar refractivity (Wildman–Crippen MR) is 60.9 cm³/mol. The average molecular weight is 284 g/mol. The Morgan fingerprint density at radius 3 is 2.69 bits per heavy atom. The number of phenols is 1. The van der Waals surface area contributed by atoms with Gasteiger partial charge in [-0.3, -0.25) is 4.79 Å². The number of benzene rings is 1. The summed E-state index contributed by atoms with van der Waals surface area (Å²) in [5.74, 6) is -1.24. The maximum Gasteiger partial charge on any atom is 0.337 e. The molecule has 1 aromatic carbocycles. The van der Waals surface area contributed by atoms with Crippen molar-refractivity contribution in [3.8, 4) is 5.75 Å². The molecule has 0 aliphatic heterocycles. The lowest BCUT2D eigenvalue weighted by atomic mass is 10.1. The summed E-state index contributed by atoms with van der Waals surface area (Å²) in [4.78, 5) is 24.9. The van der Waals surface area contributed by atoms with Crippen molar-refractivity contribution in [3.63, 3.8) is 0 Å². The SMILES string of the molecule is O=C(O)c1c(Br)c(=O)[nH]c2cc(O)ccc12. The van der Waals surface area contributed by atoms with Crippen molar-refractivity contribution < 1.29 is 15.0 Å². The van der Waals surface area contributed by atoms with Crippen LogP contribution in [0.1, 0.15) is 10.4 Å². The van der Waals surface area contributed by atoms with E-state index in [4.69, 9.17) is 5.11 Å². The highest BCUT2D eigenvalue weighted by Gasteiger charge is 2.16. The Kier molecular flexibility index (Phi) is 2.43. The van der Waals surface area contributed by atoms with E-state index in [9.17, 15) is 14.7 Å². The van der Waals surface area contributed by atoms with Gasteiger partial charge >= 0.3 is 5.97 Å². The molecule has 0 fully saturated rings. The summed E-state index contributed by atoms with van der Waals surface area (Å²) in [6.07, 6.45) is 0. The lowest BCUT2D eigenvalue weighted by Gasteiger charge is -2.04. The number of hydrogen-bond acceptors (Lipinski definition) is 3. The molecular weight excluding hydrogens is 278 g/mol. The van der Waals surface area contributed by atoms with Crippen molar-refractivity contribution in [3.05, 3.63) is 38.6 Å². The predicted octanol–water partition coefficient (Wildman–Crippen LogP) is 1.69. The van der Waals surface area contributed by atoms with Gasteiger partial charge in [0.15, 0.2) is 0 Å². The second-order valence-corrected chi connectivity index (χ2v) is 3.97. The normalized spacial score (nSPS) is 10.6. The number of phenolic OH excluding ortho intramolecular Hbond substituents is 1. The van der Waals surface area contributed by atoms with E-state index < -0.39 is 11.5 Å². The Labute approximate surface area is 97.5 Å². The van der Waals surface area contributed by atoms with Crippen molar-refractivity contribution in [2.75, 3.05) is 0 Å². The first-order valence-corrected chi connectivity index (χ1v) is 5.08. The molecule has 0 aliphatic carbocycles. The van der Waals surface area contributed by atoms with Gasteiger partial charge in [-0.2, -0.15) is 0 Å². The summed E-state index contributed by atoms with van der Waals surface area (Å²) in [5.41, 5.74) is -0.375. The molecule has 6 heteroatoms. The van der Waals surface area contributed by atoms with E-state index in [0.717, 1.165) is 0 Å². The van der Waals surface area contributed by atoms with Gasteiger partial charge in [-0.25, -0.2) is 4.79 Å². The van der Waals surface area contributed by atoms with Crippen LogP contribution in [-0.4, -0.2) is 21.2 Å². The number of aromatic nitrogens is 1. The molecule has 1 heterocycles. The molecule has 0 spiro atoms. The van der Waals surface area contributed by atoms with Gasteiger partial charge in [0.2, 0.25) is 0 Å². The van der Waals surface area contributed by atoms with Crippen LogP contribution in [0.15, 0.2) is 27.5 Å². The molecule has 0 aliphatic rings. The van der Waals surface area contributed by atoms with Gasteiger partial charge in [0.1, 0.15) is 5.75 Å². The number of aromatic amines is 1. The summed E-state index contributed by atoms with van der Waals surface area (Å²) in [6, 6.07) is 4.10. The largest absolute Gasteiger partial charge is 0.508 e. The number of carbonyl (C=O) groups is 1. The fraction of sp³-hybridized carbons (Fsp3) is 0. The molecule has 2 aromatic rings. The van der Waals surface area contributed by atoms with Crippen LogP contribution in [0.5, 0.6) is 5.75 Å². The van der Waals surface area contributed by atoms with Crippen LogP contribution in [0, 0.1) is 0 Å². The number of halogens is 1. The van der Waals surface area contributed by atoms with E-state index in [-0.39, 0.29) is 21.3 Å². The highest BCUT2D eigenvalue weighted by molar-refractivity contribution is 9.10. The fourth-order valence-electron chi connectivity index (χ4n) is 1.47. The van der Waals surface area contributed by atoms with Gasteiger partial charge in [-0.15, -0.1) is 0 Å². The summed E-state index contributed by atoms with van der Waals surface area (Å²) >= 11 is 2.93. The number of H-pyrrole nitrogens is 1. The van der Waals surface area contributed by atoms with Crippen LogP contribution in [0.3, 0.4) is 0 Å². The highest BCUT2D eigenvalue weighted by Crippen LogP contribution is 2.24. The first kappa shape index (κ1) is 10.7. The maximum atomic E-state index is 11.4. The molecular formula is C10H6BrNO4. The molecule has 0 unspecified atom stereocenters. The lowest BCUT2D eigenvalue weighted by molar-refractivity contribution is 0.0698. The third-order valence-electron chi connectivity index (χ3n) is 2.15. The topological polar surface area (TPSA) is 90.4 Å². The number of carboxylic acid groups (broad SMARTS) is 1. The monoisotopic (exact) mass is 283 g/mol. The van der Waals surface area contributed by atoms with Crippen LogP contribution in [0.2, 0.25) is 0 Å². The number of fused-ring (bicyclic) bond motifs is 1. The molecule has 0 amide bonds. The average Bonchev–Trinajstić information content (AvgIpc) is 2.19. The molecule has 5 nitrogen and oxygen atoms in total. The third kappa shape index (κ3) is 1.57. The summed E-state index contributed by atoms with van der Waals surface area (Å²) in [6.45, 7) is 0. The van der Waals surface area contributed by atoms with E-state index in [1.54, 1.807) is 0 Å². The minimum Gasteiger partial charge on any atom is -0.508 e. The minimum atomic E-state index is -1.20. The van der Waals surface area contributed by atoms with Gasteiger partial charge < -0.3 is 15.2 Å². The van der Waals surface area contributed by atoms with Crippen molar-refractivity contribution in [2.45, 2.75) is 0 Å². The van der Waals surface area contributed by atoms with Crippen molar-refractivity contribution in [1.82, 2.24) is 4.98 Å². The van der Waals surface area contributed by atoms with E-state index in [1.807, 2.05) is 0 Å². The summed E-state index contributed by atoms with van der Waals surface area (Å²) in [7, 11) is 0. The second kappa shape index (κ2) is 3.64. The molecule has 3 N–H and O–H groups in total. The molecule has 1 aromatic heterocycles. The van der Waals surface area contributed by atoms with Gasteiger partial charge in [0, 0.05) is 11.5 Å². The smallest absolute Gasteiger partial charge is 0.337 e. The Morgan fingerprint density at radius 2 is 2.06 bits per heavy atom. The summed E-state index contributed by atoms with van der Waals surface area (Å²) in [5, 5.41) is 18.6. The Bertz CT molecular complexity index is 647. The first-order valence-electron chi connectivity index (χ1n) is 4.28.